The quantitative estimate of drug-likeness (QED) is 0.575. The molecule has 0 saturated heterocycles. The number of halogens is 2. The van der Waals surface area contributed by atoms with Crippen LogP contribution >= 0.6 is 0 Å². The molecule has 0 atom stereocenters. The van der Waals surface area contributed by atoms with Gasteiger partial charge in [0.05, 0.1) is 0 Å². The van der Waals surface area contributed by atoms with Gasteiger partial charge in [-0.1, -0.05) is 27.7 Å². The summed E-state index contributed by atoms with van der Waals surface area (Å²) in [5.41, 5.74) is 0.700. The van der Waals surface area contributed by atoms with Crippen LogP contribution in [0, 0.1) is 25.5 Å². The van der Waals surface area contributed by atoms with Gasteiger partial charge in [0, 0.05) is 0 Å². The molecule has 0 nitrogen and oxygen atoms in total. The van der Waals surface area contributed by atoms with E-state index >= 15 is 0 Å². The van der Waals surface area contributed by atoms with Crippen LogP contribution in [0.5, 0.6) is 0 Å². The van der Waals surface area contributed by atoms with Gasteiger partial charge in [-0.2, -0.15) is 0 Å². The average molecular weight is 202 g/mol. The monoisotopic (exact) mass is 202 g/mol. The Morgan fingerprint density at radius 2 is 0.929 bits per heavy atom. The molecular weight excluding hydrogens is 182 g/mol. The minimum Gasteiger partial charge on any atom is -0.207 e. The summed E-state index contributed by atoms with van der Waals surface area (Å²) in [4.78, 5) is 0. The first-order valence-electron chi connectivity index (χ1n) is 5.03. The van der Waals surface area contributed by atoms with Crippen molar-refractivity contribution in [2.24, 2.45) is 0 Å². The van der Waals surface area contributed by atoms with Gasteiger partial charge in [0.2, 0.25) is 0 Å². The van der Waals surface area contributed by atoms with Crippen LogP contribution in [0.25, 0.3) is 0 Å². The van der Waals surface area contributed by atoms with Crippen molar-refractivity contribution < 1.29 is 8.78 Å². The number of aryl methyl sites for hydroxylation is 2. The predicted octanol–water partition coefficient (Wildman–Crippen LogP) is 4.63. The first-order chi connectivity index (χ1) is 6.61. The third-order valence-electron chi connectivity index (χ3n) is 1.44. The second kappa shape index (κ2) is 8.67. The summed E-state index contributed by atoms with van der Waals surface area (Å²) in [6.07, 6.45) is 0. The lowest BCUT2D eigenvalue weighted by Crippen LogP contribution is -1.88. The van der Waals surface area contributed by atoms with Gasteiger partial charge in [0.15, 0.2) is 0 Å². The summed E-state index contributed by atoms with van der Waals surface area (Å²) >= 11 is 0. The number of hydrogen-bond donors (Lipinski definition) is 0. The van der Waals surface area contributed by atoms with E-state index in [0.29, 0.717) is 11.1 Å². The summed E-state index contributed by atoms with van der Waals surface area (Å²) in [6.45, 7) is 11.1. The molecule has 2 heteroatoms. The van der Waals surface area contributed by atoms with Gasteiger partial charge in [0.1, 0.15) is 11.6 Å². The van der Waals surface area contributed by atoms with Gasteiger partial charge in [0.25, 0.3) is 0 Å². The maximum absolute atomic E-state index is 12.6. The van der Waals surface area contributed by atoms with Crippen molar-refractivity contribution in [3.8, 4) is 0 Å². The normalized spacial score (nSPS) is 8.00. The zero-order valence-electron chi connectivity index (χ0n) is 9.91. The van der Waals surface area contributed by atoms with Gasteiger partial charge >= 0.3 is 0 Å². The van der Waals surface area contributed by atoms with Gasteiger partial charge in [-0.05, 0) is 37.1 Å². The average Bonchev–Trinajstić information content (AvgIpc) is 2.21. The Hall–Kier alpha value is -0.920. The molecule has 1 rings (SSSR count). The lowest BCUT2D eigenvalue weighted by Gasteiger charge is -1.98. The highest BCUT2D eigenvalue weighted by Gasteiger charge is 2.01. The fourth-order valence-electron chi connectivity index (χ4n) is 0.746. The molecule has 0 fully saturated rings. The molecule has 0 heterocycles. The van der Waals surface area contributed by atoms with E-state index in [1.807, 2.05) is 27.7 Å². The molecule has 0 aliphatic rings. The SMILES string of the molecule is CC.CC.Cc1cc(F)c(C)cc1F. The van der Waals surface area contributed by atoms with Crippen LogP contribution in [0.1, 0.15) is 38.8 Å². The summed E-state index contributed by atoms with van der Waals surface area (Å²) in [6, 6.07) is 2.40. The van der Waals surface area contributed by atoms with Crippen LogP contribution in [0.15, 0.2) is 12.1 Å². The van der Waals surface area contributed by atoms with Crippen molar-refractivity contribution in [3.05, 3.63) is 34.9 Å². The highest BCUT2D eigenvalue weighted by atomic mass is 19.1. The fourth-order valence-corrected chi connectivity index (χ4v) is 0.746. The highest BCUT2D eigenvalue weighted by Crippen LogP contribution is 2.12. The second-order valence-electron chi connectivity index (χ2n) is 2.35. The molecule has 1 aromatic rings. The Kier molecular flexibility index (Phi) is 9.63. The Labute approximate surface area is 86.0 Å². The number of rotatable bonds is 0. The molecule has 0 N–H and O–H groups in total. The van der Waals surface area contributed by atoms with Crippen LogP contribution in [-0.4, -0.2) is 0 Å². The molecule has 0 radical (unpaired) electrons. The molecule has 0 saturated carbocycles. The molecule has 1 aromatic carbocycles. The van der Waals surface area contributed by atoms with E-state index in [9.17, 15) is 8.78 Å². The van der Waals surface area contributed by atoms with Crippen LogP contribution in [0.3, 0.4) is 0 Å². The lowest BCUT2D eigenvalue weighted by atomic mass is 10.1. The molecule has 0 aliphatic heterocycles. The maximum Gasteiger partial charge on any atom is 0.126 e. The Balaban J connectivity index is 0. The molecular formula is C12H20F2. The van der Waals surface area contributed by atoms with Crippen molar-refractivity contribution in [3.63, 3.8) is 0 Å². The van der Waals surface area contributed by atoms with Crippen LogP contribution in [0.4, 0.5) is 8.78 Å². The molecule has 0 aromatic heterocycles. The lowest BCUT2D eigenvalue weighted by molar-refractivity contribution is 0.585. The summed E-state index contributed by atoms with van der Waals surface area (Å²) in [5.74, 6) is -0.696. The zero-order chi connectivity index (χ0) is 11.7. The van der Waals surface area contributed by atoms with E-state index in [1.165, 1.54) is 26.0 Å². The van der Waals surface area contributed by atoms with E-state index in [-0.39, 0.29) is 11.6 Å². The third-order valence-corrected chi connectivity index (χ3v) is 1.44. The predicted molar refractivity (Wildman–Crippen MR) is 58.5 cm³/mol. The third kappa shape index (κ3) is 4.95. The first-order valence-corrected chi connectivity index (χ1v) is 5.03. The van der Waals surface area contributed by atoms with Crippen LogP contribution in [0.2, 0.25) is 0 Å². The van der Waals surface area contributed by atoms with Crippen LogP contribution in [-0.2, 0) is 0 Å². The van der Waals surface area contributed by atoms with E-state index in [2.05, 4.69) is 0 Å². The summed E-state index contributed by atoms with van der Waals surface area (Å²) in [5, 5.41) is 0. The standard InChI is InChI=1S/C8H8F2.2C2H6/c1-5-3-8(10)6(2)4-7(5)9;2*1-2/h3-4H,1-2H3;2*1-2H3. The second-order valence-corrected chi connectivity index (χ2v) is 2.35. The minimum absolute atomic E-state index is 0.348. The Morgan fingerprint density at radius 3 is 1.14 bits per heavy atom. The van der Waals surface area contributed by atoms with Gasteiger partial charge < -0.3 is 0 Å². The van der Waals surface area contributed by atoms with Crippen molar-refractivity contribution in [1.82, 2.24) is 0 Å². The number of hydrogen-bond acceptors (Lipinski definition) is 0. The first kappa shape index (κ1) is 15.5. The van der Waals surface area contributed by atoms with Crippen molar-refractivity contribution in [2.45, 2.75) is 41.5 Å². The van der Waals surface area contributed by atoms with Crippen molar-refractivity contribution in [1.29, 1.82) is 0 Å². The molecule has 0 amide bonds. The summed E-state index contributed by atoms with van der Waals surface area (Å²) < 4.78 is 25.2. The smallest absolute Gasteiger partial charge is 0.126 e. The fraction of sp³-hybridized carbons (Fsp3) is 0.500. The largest absolute Gasteiger partial charge is 0.207 e. The van der Waals surface area contributed by atoms with E-state index < -0.39 is 0 Å². The van der Waals surface area contributed by atoms with Gasteiger partial charge in [-0.25, -0.2) is 8.78 Å². The molecule has 14 heavy (non-hydrogen) atoms. The molecule has 0 aliphatic carbocycles. The van der Waals surface area contributed by atoms with Crippen molar-refractivity contribution >= 4 is 0 Å². The minimum atomic E-state index is -0.348. The molecule has 0 unspecified atom stereocenters. The molecule has 0 spiro atoms. The highest BCUT2D eigenvalue weighted by molar-refractivity contribution is 5.23. The number of benzene rings is 1. The Bertz CT molecular complexity index is 204. The topological polar surface area (TPSA) is 0 Å². The summed E-state index contributed by atoms with van der Waals surface area (Å²) in [7, 11) is 0. The Morgan fingerprint density at radius 1 is 0.714 bits per heavy atom. The van der Waals surface area contributed by atoms with E-state index in [0.717, 1.165) is 0 Å². The molecule has 0 bridgehead atoms. The maximum atomic E-state index is 12.6. The van der Waals surface area contributed by atoms with Gasteiger partial charge in [-0.3, -0.25) is 0 Å². The zero-order valence-corrected chi connectivity index (χ0v) is 9.91. The van der Waals surface area contributed by atoms with Crippen LogP contribution < -0.4 is 0 Å². The van der Waals surface area contributed by atoms with E-state index in [4.69, 9.17) is 0 Å². The van der Waals surface area contributed by atoms with Gasteiger partial charge in [-0.15, -0.1) is 0 Å². The molecule has 82 valence electrons. The van der Waals surface area contributed by atoms with E-state index in [1.54, 1.807) is 0 Å². The van der Waals surface area contributed by atoms with Crippen molar-refractivity contribution in [2.75, 3.05) is 0 Å².